The molecule has 1 heterocycles. The summed E-state index contributed by atoms with van der Waals surface area (Å²) in [6.07, 6.45) is 1.69. The van der Waals surface area contributed by atoms with Gasteiger partial charge in [0.05, 0.1) is 11.8 Å². The summed E-state index contributed by atoms with van der Waals surface area (Å²) in [4.78, 5) is -0.00830. The summed E-state index contributed by atoms with van der Waals surface area (Å²) in [5, 5.41) is 1.20. The smallest absolute Gasteiger partial charge is 0.265 e. The summed E-state index contributed by atoms with van der Waals surface area (Å²) in [5.74, 6) is 0.232. The molecule has 2 aromatic carbocycles. The molecule has 8 heteroatoms. The highest BCUT2D eigenvalue weighted by Crippen LogP contribution is 2.29. The standard InChI is InChI=1S/C14H11ClN2O3S2/c1-20-12-4-2-10(15)7-14(12)22(18,19)17-11-3-5-13-9(6-11)8-16-21-13/h2-8,17H,1H3. The maximum atomic E-state index is 12.5. The molecule has 0 aliphatic heterocycles. The topological polar surface area (TPSA) is 68.3 Å². The number of benzene rings is 2. The third-order valence-electron chi connectivity index (χ3n) is 3.02. The molecule has 1 N–H and O–H groups in total. The van der Waals surface area contributed by atoms with E-state index >= 15 is 0 Å². The van der Waals surface area contributed by atoms with E-state index in [4.69, 9.17) is 16.3 Å². The molecule has 3 rings (SSSR count). The highest BCUT2D eigenvalue weighted by Gasteiger charge is 2.20. The quantitative estimate of drug-likeness (QED) is 0.774. The van der Waals surface area contributed by atoms with Gasteiger partial charge in [-0.15, -0.1) is 0 Å². The van der Waals surface area contributed by atoms with Gasteiger partial charge in [-0.3, -0.25) is 4.72 Å². The fraction of sp³-hybridized carbons (Fsp3) is 0.0714. The zero-order valence-electron chi connectivity index (χ0n) is 11.4. The number of halogens is 1. The lowest BCUT2D eigenvalue weighted by Gasteiger charge is -2.12. The Morgan fingerprint density at radius 1 is 1.23 bits per heavy atom. The van der Waals surface area contributed by atoms with Crippen LogP contribution in [0.15, 0.2) is 47.5 Å². The molecule has 0 bridgehead atoms. The number of nitrogens with one attached hydrogen (secondary N) is 1. The highest BCUT2D eigenvalue weighted by atomic mass is 35.5. The molecule has 3 aromatic rings. The first-order valence-electron chi connectivity index (χ1n) is 6.20. The van der Waals surface area contributed by atoms with Crippen molar-refractivity contribution in [3.8, 4) is 5.75 Å². The van der Waals surface area contributed by atoms with Crippen molar-refractivity contribution in [3.63, 3.8) is 0 Å². The lowest BCUT2D eigenvalue weighted by molar-refractivity contribution is 0.403. The molecule has 0 aliphatic rings. The predicted octanol–water partition coefficient (Wildman–Crippen LogP) is 3.76. The number of anilines is 1. The van der Waals surface area contributed by atoms with Crippen LogP contribution in [-0.4, -0.2) is 19.9 Å². The van der Waals surface area contributed by atoms with E-state index in [2.05, 4.69) is 9.10 Å². The van der Waals surface area contributed by atoms with E-state index in [1.807, 2.05) is 6.07 Å². The van der Waals surface area contributed by atoms with Gasteiger partial charge in [0.1, 0.15) is 10.6 Å². The van der Waals surface area contributed by atoms with Crippen LogP contribution in [0.25, 0.3) is 10.1 Å². The summed E-state index contributed by atoms with van der Waals surface area (Å²) in [7, 11) is -2.40. The summed E-state index contributed by atoms with van der Waals surface area (Å²) >= 11 is 7.25. The summed E-state index contributed by atoms with van der Waals surface area (Å²) in [5.41, 5.74) is 0.453. The Balaban J connectivity index is 2.01. The molecule has 22 heavy (non-hydrogen) atoms. The molecule has 5 nitrogen and oxygen atoms in total. The van der Waals surface area contributed by atoms with Gasteiger partial charge in [0.15, 0.2) is 0 Å². The third kappa shape index (κ3) is 2.87. The van der Waals surface area contributed by atoms with E-state index in [1.54, 1.807) is 24.4 Å². The van der Waals surface area contributed by atoms with Crippen LogP contribution in [0, 0.1) is 0 Å². The van der Waals surface area contributed by atoms with Gasteiger partial charge in [-0.1, -0.05) is 11.6 Å². The van der Waals surface area contributed by atoms with Gasteiger partial charge in [0, 0.05) is 22.3 Å². The number of hydrogen-bond donors (Lipinski definition) is 1. The van der Waals surface area contributed by atoms with Gasteiger partial charge in [-0.05, 0) is 47.9 Å². The first-order valence-corrected chi connectivity index (χ1v) is 8.84. The van der Waals surface area contributed by atoms with Gasteiger partial charge < -0.3 is 4.74 Å². The second kappa shape index (κ2) is 5.75. The van der Waals surface area contributed by atoms with E-state index < -0.39 is 10.0 Å². The van der Waals surface area contributed by atoms with Gasteiger partial charge in [0.25, 0.3) is 10.0 Å². The number of ether oxygens (including phenoxy) is 1. The molecular weight excluding hydrogens is 344 g/mol. The van der Waals surface area contributed by atoms with Gasteiger partial charge in [-0.2, -0.15) is 4.37 Å². The Kier molecular flexibility index (Phi) is 3.94. The number of aromatic nitrogens is 1. The van der Waals surface area contributed by atoms with Crippen LogP contribution in [0.5, 0.6) is 5.75 Å². The summed E-state index contributed by atoms with van der Waals surface area (Å²) < 4.78 is 37.8. The largest absolute Gasteiger partial charge is 0.495 e. The second-order valence-corrected chi connectivity index (χ2v) is 7.40. The zero-order valence-corrected chi connectivity index (χ0v) is 13.8. The Labute approximate surface area is 136 Å². The van der Waals surface area contributed by atoms with E-state index in [9.17, 15) is 8.42 Å². The van der Waals surface area contributed by atoms with Crippen molar-refractivity contribution in [3.05, 3.63) is 47.6 Å². The molecule has 0 amide bonds. The van der Waals surface area contributed by atoms with Crippen LogP contribution >= 0.6 is 23.1 Å². The molecular formula is C14H11ClN2O3S2. The molecule has 0 saturated carbocycles. The number of sulfonamides is 1. The summed E-state index contributed by atoms with van der Waals surface area (Å²) in [6.45, 7) is 0. The average molecular weight is 355 g/mol. The minimum Gasteiger partial charge on any atom is -0.495 e. The van der Waals surface area contributed by atoms with Crippen LogP contribution in [0.3, 0.4) is 0 Å². The Morgan fingerprint density at radius 3 is 2.82 bits per heavy atom. The molecule has 0 atom stereocenters. The fourth-order valence-corrected chi connectivity index (χ4v) is 4.11. The summed E-state index contributed by atoms with van der Waals surface area (Å²) in [6, 6.07) is 9.68. The van der Waals surface area contributed by atoms with Crippen molar-refractivity contribution in [2.75, 3.05) is 11.8 Å². The van der Waals surface area contributed by atoms with E-state index in [1.165, 1.54) is 30.8 Å². The van der Waals surface area contributed by atoms with Crippen molar-refractivity contribution in [2.45, 2.75) is 4.90 Å². The molecule has 0 radical (unpaired) electrons. The van der Waals surface area contributed by atoms with Crippen molar-refractivity contribution in [1.29, 1.82) is 0 Å². The Bertz CT molecular complexity index is 938. The first-order chi connectivity index (χ1) is 10.5. The van der Waals surface area contributed by atoms with Crippen molar-refractivity contribution < 1.29 is 13.2 Å². The van der Waals surface area contributed by atoms with Crippen molar-refractivity contribution >= 4 is 48.9 Å². The van der Waals surface area contributed by atoms with Crippen LogP contribution in [0.2, 0.25) is 5.02 Å². The maximum Gasteiger partial charge on any atom is 0.265 e. The third-order valence-corrected chi connectivity index (χ3v) is 5.44. The van der Waals surface area contributed by atoms with Crippen LogP contribution < -0.4 is 9.46 Å². The highest BCUT2D eigenvalue weighted by molar-refractivity contribution is 7.92. The molecule has 0 fully saturated rings. The fourth-order valence-electron chi connectivity index (χ4n) is 2.01. The predicted molar refractivity (Wildman–Crippen MR) is 88.4 cm³/mol. The average Bonchev–Trinajstić information content (AvgIpc) is 2.94. The van der Waals surface area contributed by atoms with Crippen LogP contribution in [-0.2, 0) is 10.0 Å². The zero-order chi connectivity index (χ0) is 15.7. The normalized spacial score (nSPS) is 11.5. The monoisotopic (exact) mass is 354 g/mol. The van der Waals surface area contributed by atoms with Crippen LogP contribution in [0.4, 0.5) is 5.69 Å². The minimum absolute atomic E-state index is 0.00830. The van der Waals surface area contributed by atoms with E-state index in [-0.39, 0.29) is 10.6 Å². The Hall–Kier alpha value is -1.83. The number of rotatable bonds is 4. The number of hydrogen-bond acceptors (Lipinski definition) is 5. The number of nitrogens with zero attached hydrogens (tertiary/aromatic N) is 1. The number of methoxy groups -OCH3 is 1. The molecule has 1 aromatic heterocycles. The van der Waals surface area contributed by atoms with Crippen molar-refractivity contribution in [1.82, 2.24) is 4.37 Å². The van der Waals surface area contributed by atoms with Crippen molar-refractivity contribution in [2.24, 2.45) is 0 Å². The lowest BCUT2D eigenvalue weighted by atomic mass is 10.2. The van der Waals surface area contributed by atoms with E-state index in [0.29, 0.717) is 10.7 Å². The maximum absolute atomic E-state index is 12.5. The van der Waals surface area contributed by atoms with Gasteiger partial charge in [-0.25, -0.2) is 8.42 Å². The molecule has 0 saturated heterocycles. The molecule has 114 valence electrons. The first kappa shape index (κ1) is 15.1. The Morgan fingerprint density at radius 2 is 2.05 bits per heavy atom. The van der Waals surface area contributed by atoms with Crippen LogP contribution in [0.1, 0.15) is 0 Å². The second-order valence-electron chi connectivity index (χ2n) is 4.48. The minimum atomic E-state index is -3.81. The lowest BCUT2D eigenvalue weighted by Crippen LogP contribution is -2.14. The molecule has 0 spiro atoms. The number of fused-ring (bicyclic) bond motifs is 1. The van der Waals surface area contributed by atoms with Gasteiger partial charge in [0.2, 0.25) is 0 Å². The SMILES string of the molecule is COc1ccc(Cl)cc1S(=O)(=O)Nc1ccc2sncc2c1. The van der Waals surface area contributed by atoms with E-state index in [0.717, 1.165) is 10.1 Å². The molecule has 0 unspecified atom stereocenters. The van der Waals surface area contributed by atoms with Gasteiger partial charge >= 0.3 is 0 Å². The molecule has 0 aliphatic carbocycles.